The normalized spacial score (nSPS) is 10.3. The third kappa shape index (κ3) is 6.20. The summed E-state index contributed by atoms with van der Waals surface area (Å²) in [5.41, 5.74) is 0. The second kappa shape index (κ2) is 9.74. The molecule has 0 aliphatic rings. The highest BCUT2D eigenvalue weighted by atomic mass is 127. The second-order valence-electron chi connectivity index (χ2n) is 4.63. The lowest BCUT2D eigenvalue weighted by molar-refractivity contribution is 1.79. The fourth-order valence-corrected chi connectivity index (χ4v) is 2.81. The summed E-state index contributed by atoms with van der Waals surface area (Å²) in [6, 6.07) is 0. The standard InChI is InChI=1S/B17HIN/c1-10(2)14(9)16(13(7)8)17(19-18)15(11(3)4)12(5)6/h19H/i/hT. The van der Waals surface area contributed by atoms with Gasteiger partial charge in [0.1, 0.15) is 8.04 Å². The van der Waals surface area contributed by atoms with Crippen LogP contribution < -0.4 is 3.43 Å². The highest BCUT2D eigenvalue weighted by Gasteiger charge is 2.43. The van der Waals surface area contributed by atoms with Gasteiger partial charge in [-0.05, 0) is 0 Å². The number of hydrogen-bond acceptors (Lipinski definition) is 1. The van der Waals surface area contributed by atoms with E-state index in [4.69, 9.17) is 71.0 Å². The van der Waals surface area contributed by atoms with Crippen LogP contribution in [0.15, 0.2) is 0 Å². The molecular weight excluding hydrogens is 325 g/mol. The molecule has 0 aliphatic carbocycles. The number of hydrogen-bond donors (Lipinski definition) is 1. The average Bonchev–Trinajstić information content (AvgIpc) is 2.25. The lowest BCUT2D eigenvalue weighted by Crippen LogP contribution is -2.78. The Bertz CT molecular complexity index is 256. The van der Waals surface area contributed by atoms with Crippen molar-refractivity contribution >= 4 is 144 Å². The molecule has 0 aromatic rings. The predicted molar refractivity (Wildman–Crippen MR) is 115 cm³/mol. The molecule has 0 atom stereocenters. The zero-order chi connectivity index (χ0) is 16.2. The van der Waals surface area contributed by atoms with Gasteiger partial charge in [-0.15, -0.1) is 0 Å². The van der Waals surface area contributed by atoms with E-state index in [1.165, 1.54) is 0 Å². The van der Waals surface area contributed by atoms with Gasteiger partial charge in [0, 0.05) is 137 Å². The van der Waals surface area contributed by atoms with Crippen molar-refractivity contribution in [3.63, 3.8) is 0 Å². The van der Waals surface area contributed by atoms with E-state index < -0.39 is 51.3 Å². The van der Waals surface area contributed by atoms with Gasteiger partial charge in [-0.3, -0.25) is 0 Å². The van der Waals surface area contributed by atoms with Crippen molar-refractivity contribution in [1.82, 2.24) is 3.43 Å². The van der Waals surface area contributed by atoms with Crippen molar-refractivity contribution < 1.29 is 1.41 Å². The molecule has 0 saturated heterocycles. The van der Waals surface area contributed by atoms with Gasteiger partial charge in [0.2, 0.25) is 0 Å². The predicted octanol–water partition coefficient (Wildman–Crippen LogP) is -6.08. The van der Waals surface area contributed by atoms with Crippen LogP contribution >= 0.6 is 22.9 Å². The van der Waals surface area contributed by atoms with E-state index in [1.54, 1.807) is 22.9 Å². The summed E-state index contributed by atoms with van der Waals surface area (Å²) in [7, 11) is 51.5. The average molecular weight is 328 g/mol. The van der Waals surface area contributed by atoms with Crippen LogP contribution in [0.4, 0.5) is 0 Å². The second-order valence-corrected chi connectivity index (χ2v) is 5.19. The Kier molecular flexibility index (Phi) is 9.66. The van der Waals surface area contributed by atoms with Crippen LogP contribution in [-0.2, 0) is 0 Å². The van der Waals surface area contributed by atoms with Crippen LogP contribution in [0.3, 0.4) is 0 Å². The number of rotatable bonds is 8. The van der Waals surface area contributed by atoms with E-state index in [9.17, 15) is 0 Å². The molecule has 0 spiro atoms. The molecule has 0 unspecified atom stereocenters. The van der Waals surface area contributed by atoms with Crippen molar-refractivity contribution in [2.24, 2.45) is 0 Å². The van der Waals surface area contributed by atoms with Crippen molar-refractivity contribution in [2.45, 2.75) is 0 Å². The first kappa shape index (κ1) is 18.8. The number of nitrogens with one attached hydrogen (secondary N) is 1. The molecule has 19 heteroatoms. The minimum Gasteiger partial charge on any atom is -0.319 e. The van der Waals surface area contributed by atoms with Crippen LogP contribution in [-0.4, -0.2) is 121 Å². The van der Waals surface area contributed by atoms with Crippen molar-refractivity contribution in [3.05, 3.63) is 0 Å². The molecule has 0 heterocycles. The van der Waals surface area contributed by atoms with E-state index in [0.717, 1.165) is 3.43 Å². The molecule has 0 aromatic heterocycles. The van der Waals surface area contributed by atoms with Gasteiger partial charge in [0.15, 0.2) is 0 Å². The Morgan fingerprint density at radius 2 is 1.05 bits per heavy atom. The summed E-state index contributed by atoms with van der Waals surface area (Å²) in [5.74, 6) is 0. The van der Waals surface area contributed by atoms with E-state index in [2.05, 4.69) is 0 Å². The van der Waals surface area contributed by atoms with E-state index in [-0.39, 0.29) is 0 Å². The molecule has 0 bridgehead atoms. The Balaban J connectivity index is 5.59. The highest BCUT2D eigenvalue weighted by Crippen LogP contribution is 2.03. The summed E-state index contributed by atoms with van der Waals surface area (Å²) >= 11 is 1.72. The van der Waals surface area contributed by atoms with Crippen molar-refractivity contribution in [1.29, 1.82) is 0 Å². The van der Waals surface area contributed by atoms with Crippen molar-refractivity contribution in [3.8, 4) is 0 Å². The van der Waals surface area contributed by atoms with Gasteiger partial charge < -0.3 is 3.43 Å². The van der Waals surface area contributed by atoms with Crippen molar-refractivity contribution in [2.75, 3.05) is 0 Å². The van der Waals surface area contributed by atoms with Crippen LogP contribution in [0.2, 0.25) is 1.41 Å². The summed E-state index contributed by atoms with van der Waals surface area (Å²) in [6.45, 7) is -0.708. The topological polar surface area (TPSA) is 12.0 Å². The fourth-order valence-electron chi connectivity index (χ4n) is 2.07. The number of halogens is 1. The van der Waals surface area contributed by atoms with Gasteiger partial charge in [-0.25, -0.2) is 0 Å². The lowest BCUT2D eigenvalue weighted by Gasteiger charge is -2.38. The molecule has 0 aromatic carbocycles. The Morgan fingerprint density at radius 1 is 0.684 bits per heavy atom. The maximum Gasteiger partial charge on any atom is 0.129 e. The molecule has 0 aliphatic heterocycles. The summed E-state index contributed by atoms with van der Waals surface area (Å²) in [6.07, 6.45) is -5.66. The highest BCUT2D eigenvalue weighted by molar-refractivity contribution is 14.1. The Labute approximate surface area is 148 Å². The third-order valence-electron chi connectivity index (χ3n) is 3.12. The minimum absolute atomic E-state index is 0.668. The van der Waals surface area contributed by atoms with Crippen LogP contribution in [0.1, 0.15) is 0 Å². The zero-order valence-corrected chi connectivity index (χ0v) is 12.8. The SMILES string of the molecule is [3H]N(I)B(B(B([B])[B])B([B])[B])B(B([B])[B])B([B])B([B])[B]. The molecule has 19 heavy (non-hydrogen) atoms. The quantitative estimate of drug-likeness (QED) is 0.266. The monoisotopic (exact) mass is 331 g/mol. The molecule has 64 valence electrons. The molecule has 1 N–H and O–H groups in total. The maximum absolute atomic E-state index is 7.86. The molecular formula is HB17IN. The zero-order valence-electron chi connectivity index (χ0n) is 11.6. The lowest BCUT2D eigenvalue weighted by atomic mass is 8.47. The molecule has 0 saturated carbocycles. The summed E-state index contributed by atoms with van der Waals surface area (Å²) < 4.78 is 8.92. The smallest absolute Gasteiger partial charge is 0.129 e. The van der Waals surface area contributed by atoms with E-state index in [1.807, 2.05) is 0 Å². The first-order valence-corrected chi connectivity index (χ1v) is 6.73. The van der Waals surface area contributed by atoms with Gasteiger partial charge in [0.05, 0.1) is 0 Å². The van der Waals surface area contributed by atoms with E-state index >= 15 is 0 Å². The fraction of sp³-hybridized carbons (Fsp3) is 0. The molecule has 1 nitrogen and oxygen atoms in total. The van der Waals surface area contributed by atoms with Crippen LogP contribution in [0.25, 0.3) is 0 Å². The minimum atomic E-state index is -0.896. The molecule has 18 radical (unpaired) electrons. The van der Waals surface area contributed by atoms with Gasteiger partial charge in [-0.1, -0.05) is 0 Å². The Hall–Kier alpha value is 1.79. The van der Waals surface area contributed by atoms with Gasteiger partial charge >= 0.3 is 0 Å². The summed E-state index contributed by atoms with van der Waals surface area (Å²) in [4.78, 5) is 0. The Morgan fingerprint density at radius 3 is 1.26 bits per heavy atom. The molecule has 0 rings (SSSR count). The van der Waals surface area contributed by atoms with Crippen LogP contribution in [0, 0.1) is 0 Å². The first-order valence-electron chi connectivity index (χ1n) is 6.21. The molecule has 0 amide bonds. The van der Waals surface area contributed by atoms with E-state index in [0.29, 0.717) is 0 Å². The van der Waals surface area contributed by atoms with Gasteiger partial charge in [-0.2, -0.15) is 0 Å². The largest absolute Gasteiger partial charge is 0.319 e. The first-order chi connectivity index (χ1) is 9.02. The third-order valence-corrected chi connectivity index (χ3v) is 3.77. The summed E-state index contributed by atoms with van der Waals surface area (Å²) in [5, 5.41) is 0. The maximum atomic E-state index is 7.86. The van der Waals surface area contributed by atoms with Gasteiger partial charge in [0.25, 0.3) is 0 Å². The van der Waals surface area contributed by atoms with Crippen LogP contribution in [0.5, 0.6) is 0 Å². The molecule has 0 fully saturated rings.